The summed E-state index contributed by atoms with van der Waals surface area (Å²) >= 11 is 0. The molecule has 3 heterocycles. The molecule has 48 heavy (non-hydrogen) atoms. The molecule has 0 radical (unpaired) electrons. The predicted molar refractivity (Wildman–Crippen MR) is 202 cm³/mol. The second-order valence-corrected chi connectivity index (χ2v) is 17.0. The van der Waals surface area contributed by atoms with E-state index in [1.54, 1.807) is 0 Å². The minimum atomic E-state index is -0.425. The summed E-state index contributed by atoms with van der Waals surface area (Å²) in [7, 11) is 0. The van der Waals surface area contributed by atoms with Crippen LogP contribution in [-0.2, 0) is 15.6 Å². The summed E-state index contributed by atoms with van der Waals surface area (Å²) in [5.41, 5.74) is 6.88. The minimum absolute atomic E-state index is 0.0413. The zero-order valence-electron chi connectivity index (χ0n) is 31.2. The standard InChI is InChI=1S/C43H53N3O2/c1-26(2)28-19-29(39-45-43(13,27(3)4)42(11,12)48-39)21-33(20-28)47-34-23-31(41(8,9)10)22-32(25-34)46-37-17-16-30(40(5,6)7)24-36(37)35-15-14-18-44-38(35)46/h14-27H,1-13H3/t43-/m1/s1. The highest BCUT2D eigenvalue weighted by Gasteiger charge is 2.51. The van der Waals surface area contributed by atoms with E-state index in [2.05, 4.69) is 155 Å². The largest absolute Gasteiger partial charge is 0.469 e. The van der Waals surface area contributed by atoms with E-state index in [0.717, 1.165) is 39.3 Å². The van der Waals surface area contributed by atoms with Crippen LogP contribution in [0.2, 0.25) is 0 Å². The third-order valence-corrected chi connectivity index (χ3v) is 10.5. The van der Waals surface area contributed by atoms with Crippen molar-refractivity contribution >= 4 is 27.8 Å². The quantitative estimate of drug-likeness (QED) is 0.185. The molecule has 0 N–H and O–H groups in total. The van der Waals surface area contributed by atoms with Gasteiger partial charge in [0.1, 0.15) is 28.3 Å². The topological polar surface area (TPSA) is 48.6 Å². The van der Waals surface area contributed by atoms with Crippen molar-refractivity contribution in [2.75, 3.05) is 0 Å². The molecule has 0 bridgehead atoms. The van der Waals surface area contributed by atoms with Crippen LogP contribution in [0.15, 0.2) is 77.9 Å². The van der Waals surface area contributed by atoms with Crippen LogP contribution in [-0.4, -0.2) is 26.6 Å². The lowest BCUT2D eigenvalue weighted by molar-refractivity contribution is 0.0306. The van der Waals surface area contributed by atoms with Crippen molar-refractivity contribution in [2.45, 2.75) is 118 Å². The van der Waals surface area contributed by atoms with E-state index < -0.39 is 5.60 Å². The fourth-order valence-electron chi connectivity index (χ4n) is 6.71. The number of fused-ring (bicyclic) bond motifs is 3. The Labute approximate surface area is 287 Å². The van der Waals surface area contributed by atoms with Crippen LogP contribution in [0, 0.1) is 5.92 Å². The summed E-state index contributed by atoms with van der Waals surface area (Å²) in [5.74, 6) is 2.85. The first-order chi connectivity index (χ1) is 22.3. The summed E-state index contributed by atoms with van der Waals surface area (Å²) in [6.07, 6.45) is 1.88. The Kier molecular flexibility index (Phi) is 8.09. The summed E-state index contributed by atoms with van der Waals surface area (Å²) in [6.45, 7) is 28.8. The number of aliphatic imine (C=N–C) groups is 1. The molecular weight excluding hydrogens is 590 g/mol. The van der Waals surface area contributed by atoms with Gasteiger partial charge in [-0.15, -0.1) is 0 Å². The molecule has 6 rings (SSSR count). The van der Waals surface area contributed by atoms with Gasteiger partial charge in [0.25, 0.3) is 0 Å². The highest BCUT2D eigenvalue weighted by Crippen LogP contribution is 2.43. The van der Waals surface area contributed by atoms with E-state index in [-0.39, 0.29) is 16.4 Å². The molecule has 5 aromatic rings. The van der Waals surface area contributed by atoms with Crippen LogP contribution in [0.1, 0.15) is 118 Å². The van der Waals surface area contributed by atoms with Crippen molar-refractivity contribution in [2.24, 2.45) is 10.9 Å². The number of nitrogens with zero attached hydrogens (tertiary/aromatic N) is 3. The molecular formula is C43H53N3O2. The molecule has 252 valence electrons. The van der Waals surface area contributed by atoms with Crippen molar-refractivity contribution in [3.05, 3.63) is 95.2 Å². The molecule has 2 aromatic heterocycles. The van der Waals surface area contributed by atoms with Crippen molar-refractivity contribution in [3.8, 4) is 17.2 Å². The van der Waals surface area contributed by atoms with Crippen molar-refractivity contribution in [3.63, 3.8) is 0 Å². The van der Waals surface area contributed by atoms with E-state index in [9.17, 15) is 0 Å². The van der Waals surface area contributed by atoms with Gasteiger partial charge in [-0.1, -0.05) is 75.3 Å². The molecule has 1 atom stereocenters. The van der Waals surface area contributed by atoms with Gasteiger partial charge in [-0.05, 0) is 115 Å². The fourth-order valence-corrected chi connectivity index (χ4v) is 6.71. The van der Waals surface area contributed by atoms with Gasteiger partial charge in [-0.2, -0.15) is 0 Å². The third-order valence-electron chi connectivity index (χ3n) is 10.5. The molecule has 0 spiro atoms. The maximum atomic E-state index is 6.84. The lowest BCUT2D eigenvalue weighted by atomic mass is 9.76. The second kappa shape index (κ2) is 11.5. The van der Waals surface area contributed by atoms with Crippen LogP contribution in [0.3, 0.4) is 0 Å². The molecule has 3 aromatic carbocycles. The summed E-state index contributed by atoms with van der Waals surface area (Å²) in [5, 5.41) is 2.35. The summed E-state index contributed by atoms with van der Waals surface area (Å²) in [6, 6.07) is 24.1. The number of hydrogen-bond donors (Lipinski definition) is 0. The molecule has 1 aliphatic heterocycles. The van der Waals surface area contributed by atoms with E-state index in [0.29, 0.717) is 17.7 Å². The van der Waals surface area contributed by atoms with Gasteiger partial charge < -0.3 is 9.47 Å². The Bertz CT molecular complexity index is 2050. The number of pyridine rings is 1. The van der Waals surface area contributed by atoms with E-state index >= 15 is 0 Å². The highest BCUT2D eigenvalue weighted by molar-refractivity contribution is 6.08. The molecule has 1 aliphatic rings. The Balaban J connectivity index is 1.51. The lowest BCUT2D eigenvalue weighted by Gasteiger charge is -2.37. The molecule has 5 nitrogen and oxygen atoms in total. The van der Waals surface area contributed by atoms with E-state index in [4.69, 9.17) is 19.5 Å². The van der Waals surface area contributed by atoms with Crippen LogP contribution in [0.4, 0.5) is 0 Å². The number of aromatic nitrogens is 2. The van der Waals surface area contributed by atoms with Crippen molar-refractivity contribution in [1.29, 1.82) is 0 Å². The average molecular weight is 644 g/mol. The van der Waals surface area contributed by atoms with Gasteiger partial charge in [0.15, 0.2) is 0 Å². The smallest absolute Gasteiger partial charge is 0.217 e. The van der Waals surface area contributed by atoms with Gasteiger partial charge in [-0.3, -0.25) is 4.57 Å². The first-order valence-corrected chi connectivity index (χ1v) is 17.5. The van der Waals surface area contributed by atoms with E-state index in [1.807, 2.05) is 12.3 Å². The van der Waals surface area contributed by atoms with Crippen LogP contribution >= 0.6 is 0 Å². The molecule has 0 aliphatic carbocycles. The Morgan fingerprint density at radius 1 is 0.750 bits per heavy atom. The van der Waals surface area contributed by atoms with Crippen LogP contribution in [0.25, 0.3) is 27.6 Å². The van der Waals surface area contributed by atoms with Crippen LogP contribution in [0.5, 0.6) is 11.5 Å². The molecule has 0 fully saturated rings. The monoisotopic (exact) mass is 643 g/mol. The number of benzene rings is 3. The molecule has 0 unspecified atom stereocenters. The predicted octanol–water partition coefficient (Wildman–Crippen LogP) is 11.7. The molecule has 0 saturated heterocycles. The first-order valence-electron chi connectivity index (χ1n) is 17.5. The van der Waals surface area contributed by atoms with Gasteiger partial charge in [0.05, 0.1) is 11.2 Å². The van der Waals surface area contributed by atoms with Crippen molar-refractivity contribution in [1.82, 2.24) is 9.55 Å². The highest BCUT2D eigenvalue weighted by atomic mass is 16.5. The minimum Gasteiger partial charge on any atom is -0.469 e. The fraction of sp³-hybridized carbons (Fsp3) is 0.442. The Hall–Kier alpha value is -4.12. The normalized spacial score (nSPS) is 18.2. The molecule has 5 heteroatoms. The van der Waals surface area contributed by atoms with Gasteiger partial charge in [0.2, 0.25) is 5.90 Å². The molecule has 0 amide bonds. The van der Waals surface area contributed by atoms with Crippen LogP contribution < -0.4 is 4.74 Å². The third kappa shape index (κ3) is 5.90. The van der Waals surface area contributed by atoms with E-state index in [1.165, 1.54) is 22.1 Å². The molecule has 0 saturated carbocycles. The Morgan fingerprint density at radius 3 is 2.06 bits per heavy atom. The SMILES string of the molecule is CC(C)c1cc(Oc2cc(-n3c4ccc(C(C)(C)C)cc4c4cccnc43)cc(C(C)(C)C)c2)cc(C2=N[C@](C)(C(C)C)C(C)(C)O2)c1. The maximum absolute atomic E-state index is 6.84. The number of rotatable bonds is 6. The number of hydrogen-bond acceptors (Lipinski definition) is 4. The summed E-state index contributed by atoms with van der Waals surface area (Å²) in [4.78, 5) is 10.1. The van der Waals surface area contributed by atoms with Crippen molar-refractivity contribution < 1.29 is 9.47 Å². The second-order valence-electron chi connectivity index (χ2n) is 17.0. The maximum Gasteiger partial charge on any atom is 0.217 e. The first kappa shape index (κ1) is 33.8. The zero-order valence-corrected chi connectivity index (χ0v) is 31.2. The zero-order chi connectivity index (χ0) is 35.0. The van der Waals surface area contributed by atoms with Gasteiger partial charge in [0, 0.05) is 28.6 Å². The Morgan fingerprint density at radius 2 is 1.44 bits per heavy atom. The summed E-state index contributed by atoms with van der Waals surface area (Å²) < 4.78 is 15.7. The van der Waals surface area contributed by atoms with Gasteiger partial charge >= 0.3 is 0 Å². The number of ether oxygens (including phenoxy) is 2. The van der Waals surface area contributed by atoms with Gasteiger partial charge in [-0.25, -0.2) is 9.98 Å². The lowest BCUT2D eigenvalue weighted by Crippen LogP contribution is -2.47. The average Bonchev–Trinajstić information content (AvgIpc) is 3.46.